The number of hydrogen-bond donors (Lipinski definition) is 1. The minimum Gasteiger partial charge on any atom is -0.434 e. The number of carbonyl (C=O) groups is 1. The molecule has 0 heterocycles. The van der Waals surface area contributed by atoms with Crippen LogP contribution in [0.25, 0.3) is 0 Å². The van der Waals surface area contributed by atoms with Crippen molar-refractivity contribution in [3.8, 4) is 0 Å². The number of carbonyl (C=O) groups excluding carboxylic acids is 1. The second-order valence-electron chi connectivity index (χ2n) is 5.16. The van der Waals surface area contributed by atoms with Crippen molar-refractivity contribution < 1.29 is 9.53 Å². The maximum atomic E-state index is 12.2. The zero-order valence-corrected chi connectivity index (χ0v) is 16.2. The van der Waals surface area contributed by atoms with Crippen LogP contribution in [-0.4, -0.2) is 16.1 Å². The Morgan fingerprint density at radius 3 is 2.21 bits per heavy atom. The quantitative estimate of drug-likeness (QED) is 0.549. The van der Waals surface area contributed by atoms with Crippen LogP contribution in [0.4, 0.5) is 4.79 Å². The molecule has 2 atom stereocenters. The molecule has 0 aliphatic heterocycles. The summed E-state index contributed by atoms with van der Waals surface area (Å²) in [5, 5.41) is 0. The highest BCUT2D eigenvalue weighted by Crippen LogP contribution is 2.42. The standard InChI is InChI=1S/C17H16Cl3NO2S/c1-12-8-10-14(11-9-12)24(2)21-16(22)23-15(17(18,19)20)13-6-4-3-5-7-13/h3-11,15H,1-2H3/p+1/t15-,24?/m0/s1. The third-order valence-corrected chi connectivity index (χ3v) is 5.28. The Bertz CT molecular complexity index is 674. The van der Waals surface area contributed by atoms with Crippen LogP contribution in [0.1, 0.15) is 17.2 Å². The van der Waals surface area contributed by atoms with Crippen molar-refractivity contribution in [3.05, 3.63) is 65.7 Å². The monoisotopic (exact) mass is 404 g/mol. The van der Waals surface area contributed by atoms with Crippen LogP contribution < -0.4 is 4.72 Å². The number of amides is 1. The maximum Gasteiger partial charge on any atom is 0.450 e. The molecule has 128 valence electrons. The van der Waals surface area contributed by atoms with Gasteiger partial charge in [-0.05, 0) is 24.6 Å². The fraction of sp³-hybridized carbons (Fsp3) is 0.235. The lowest BCUT2D eigenvalue weighted by atomic mass is 10.1. The van der Waals surface area contributed by atoms with Gasteiger partial charge >= 0.3 is 6.09 Å². The van der Waals surface area contributed by atoms with Crippen molar-refractivity contribution >= 4 is 52.0 Å². The topological polar surface area (TPSA) is 38.3 Å². The summed E-state index contributed by atoms with van der Waals surface area (Å²) in [5.41, 5.74) is 1.76. The third kappa shape index (κ3) is 5.49. The highest BCUT2D eigenvalue weighted by molar-refractivity contribution is 7.94. The van der Waals surface area contributed by atoms with E-state index in [1.54, 1.807) is 24.3 Å². The van der Waals surface area contributed by atoms with E-state index in [2.05, 4.69) is 4.72 Å². The van der Waals surface area contributed by atoms with E-state index in [-0.39, 0.29) is 0 Å². The van der Waals surface area contributed by atoms with Gasteiger partial charge in [0, 0.05) is 0 Å². The molecule has 1 unspecified atom stereocenters. The Labute approximate surface area is 159 Å². The van der Waals surface area contributed by atoms with Gasteiger partial charge in [-0.3, -0.25) is 0 Å². The Morgan fingerprint density at radius 1 is 1.08 bits per heavy atom. The van der Waals surface area contributed by atoms with Crippen molar-refractivity contribution in [1.82, 2.24) is 4.72 Å². The van der Waals surface area contributed by atoms with Crippen LogP contribution in [0, 0.1) is 6.92 Å². The van der Waals surface area contributed by atoms with Crippen LogP contribution >= 0.6 is 34.8 Å². The fourth-order valence-corrected chi connectivity index (χ4v) is 3.48. The smallest absolute Gasteiger partial charge is 0.434 e. The predicted octanol–water partition coefficient (Wildman–Crippen LogP) is 5.35. The van der Waals surface area contributed by atoms with Gasteiger partial charge in [0.05, 0.1) is 0 Å². The highest BCUT2D eigenvalue weighted by Gasteiger charge is 2.38. The van der Waals surface area contributed by atoms with Crippen molar-refractivity contribution in [3.63, 3.8) is 0 Å². The minimum absolute atomic E-state index is 0.525. The molecule has 0 fully saturated rings. The Kier molecular flexibility index (Phi) is 6.70. The number of rotatable bonds is 4. The first-order valence-corrected chi connectivity index (χ1v) is 9.85. The van der Waals surface area contributed by atoms with Gasteiger partial charge in [-0.25, -0.2) is 4.79 Å². The summed E-state index contributed by atoms with van der Waals surface area (Å²) in [5.74, 6) is 0. The van der Waals surface area contributed by atoms with E-state index in [0.717, 1.165) is 10.5 Å². The van der Waals surface area contributed by atoms with Gasteiger partial charge < -0.3 is 4.74 Å². The molecular weight excluding hydrogens is 389 g/mol. The summed E-state index contributed by atoms with van der Waals surface area (Å²) in [6.45, 7) is 2.00. The molecule has 24 heavy (non-hydrogen) atoms. The summed E-state index contributed by atoms with van der Waals surface area (Å²) < 4.78 is 6.39. The van der Waals surface area contributed by atoms with Crippen LogP contribution in [0.15, 0.2) is 59.5 Å². The molecule has 2 aromatic carbocycles. The lowest BCUT2D eigenvalue weighted by molar-refractivity contribution is 0.105. The zero-order valence-electron chi connectivity index (χ0n) is 13.1. The molecule has 0 saturated carbocycles. The van der Waals surface area contributed by atoms with E-state index < -0.39 is 27.1 Å². The van der Waals surface area contributed by atoms with Crippen molar-refractivity contribution in [1.29, 1.82) is 0 Å². The van der Waals surface area contributed by atoms with Crippen LogP contribution in [-0.2, 0) is 15.8 Å². The molecule has 3 nitrogen and oxygen atoms in total. The molecule has 0 saturated heterocycles. The second kappa shape index (κ2) is 8.34. The van der Waals surface area contributed by atoms with Gasteiger partial charge in [-0.15, -0.1) is 4.72 Å². The average Bonchev–Trinajstić information content (AvgIpc) is 2.53. The SMILES string of the molecule is Cc1ccc([S+](C)NC(=O)O[C@@H](c2ccccc2)C(Cl)(Cl)Cl)cc1. The average molecular weight is 406 g/mol. The Balaban J connectivity index is 2.07. The Hall–Kier alpha value is -1.07. The summed E-state index contributed by atoms with van der Waals surface area (Å²) in [4.78, 5) is 13.2. The van der Waals surface area contributed by atoms with Crippen LogP contribution in [0.3, 0.4) is 0 Å². The van der Waals surface area contributed by atoms with Crippen molar-refractivity contribution in [2.45, 2.75) is 21.7 Å². The van der Waals surface area contributed by atoms with Gasteiger partial charge in [0.2, 0.25) is 3.79 Å². The molecule has 1 amide bonds. The summed E-state index contributed by atoms with van der Waals surface area (Å²) >= 11 is 17.4. The molecule has 0 aromatic heterocycles. The largest absolute Gasteiger partial charge is 0.450 e. The molecule has 0 spiro atoms. The highest BCUT2D eigenvalue weighted by atomic mass is 35.6. The lowest BCUT2D eigenvalue weighted by Crippen LogP contribution is -2.34. The number of nitrogens with one attached hydrogen (secondary N) is 1. The molecule has 0 aliphatic carbocycles. The van der Waals surface area contributed by atoms with E-state index in [4.69, 9.17) is 39.5 Å². The number of halogens is 3. The predicted molar refractivity (Wildman–Crippen MR) is 102 cm³/mol. The van der Waals surface area contributed by atoms with Gasteiger partial charge in [-0.1, -0.05) is 82.8 Å². The first-order chi connectivity index (χ1) is 11.3. The number of aryl methyl sites for hydroxylation is 1. The molecule has 7 heteroatoms. The van der Waals surface area contributed by atoms with Crippen LogP contribution in [0.5, 0.6) is 0 Å². The second-order valence-corrected chi connectivity index (χ2v) is 9.23. The molecule has 0 aliphatic rings. The number of benzene rings is 2. The molecule has 1 N–H and O–H groups in total. The van der Waals surface area contributed by atoms with Gasteiger partial charge in [0.15, 0.2) is 11.0 Å². The van der Waals surface area contributed by atoms with Gasteiger partial charge in [0.1, 0.15) is 17.3 Å². The number of hydrogen-bond acceptors (Lipinski definition) is 2. The third-order valence-electron chi connectivity index (χ3n) is 3.24. The molecule has 0 radical (unpaired) electrons. The summed E-state index contributed by atoms with van der Waals surface area (Å²) in [6, 6.07) is 16.8. The van der Waals surface area contributed by atoms with Crippen LogP contribution in [0.2, 0.25) is 0 Å². The first kappa shape index (κ1) is 19.3. The van der Waals surface area contributed by atoms with E-state index in [1.165, 1.54) is 0 Å². The van der Waals surface area contributed by atoms with Gasteiger partial charge in [0.25, 0.3) is 0 Å². The number of ether oxygens (including phenoxy) is 1. The zero-order chi connectivity index (χ0) is 17.7. The summed E-state index contributed by atoms with van der Waals surface area (Å²) in [7, 11) is 0. The molecule has 2 rings (SSSR count). The minimum atomic E-state index is -1.77. The number of alkyl halides is 3. The van der Waals surface area contributed by atoms with E-state index >= 15 is 0 Å². The van der Waals surface area contributed by atoms with Gasteiger partial charge in [-0.2, -0.15) is 0 Å². The van der Waals surface area contributed by atoms with E-state index in [1.807, 2.05) is 43.5 Å². The van der Waals surface area contributed by atoms with Crippen molar-refractivity contribution in [2.75, 3.05) is 6.26 Å². The van der Waals surface area contributed by atoms with Crippen molar-refractivity contribution in [2.24, 2.45) is 0 Å². The molecule has 2 aromatic rings. The first-order valence-electron chi connectivity index (χ1n) is 7.09. The van der Waals surface area contributed by atoms with E-state index in [0.29, 0.717) is 5.56 Å². The Morgan fingerprint density at radius 2 is 1.67 bits per heavy atom. The fourth-order valence-electron chi connectivity index (χ4n) is 2.01. The summed E-state index contributed by atoms with van der Waals surface area (Å²) in [6.07, 6.45) is 0.249. The lowest BCUT2D eigenvalue weighted by Gasteiger charge is -2.24. The molecule has 0 bridgehead atoms. The van der Waals surface area contributed by atoms with E-state index in [9.17, 15) is 4.79 Å². The normalized spacial score (nSPS) is 13.9. The molecular formula is C17H17Cl3NO2S+. The maximum absolute atomic E-state index is 12.2.